The second-order valence-corrected chi connectivity index (χ2v) is 10.5. The summed E-state index contributed by atoms with van der Waals surface area (Å²) in [6, 6.07) is 13.3. The maximum absolute atomic E-state index is 13.0. The molecule has 6 nitrogen and oxygen atoms in total. The molecule has 4 rings (SSSR count). The lowest BCUT2D eigenvalue weighted by Gasteiger charge is -2.34. The molecule has 1 fully saturated rings. The van der Waals surface area contributed by atoms with Crippen molar-refractivity contribution in [2.24, 2.45) is 0 Å². The van der Waals surface area contributed by atoms with Gasteiger partial charge in [-0.05, 0) is 48.5 Å². The van der Waals surface area contributed by atoms with Crippen molar-refractivity contribution in [2.75, 3.05) is 31.1 Å². The lowest BCUT2D eigenvalue weighted by Crippen LogP contribution is -2.49. The van der Waals surface area contributed by atoms with E-state index in [0.29, 0.717) is 39.7 Å². The van der Waals surface area contributed by atoms with Gasteiger partial charge in [0.25, 0.3) is 0 Å². The van der Waals surface area contributed by atoms with Crippen LogP contribution in [0.2, 0.25) is 20.1 Å². The Morgan fingerprint density at radius 2 is 1.42 bits per heavy atom. The average molecular weight is 518 g/mol. The van der Waals surface area contributed by atoms with Gasteiger partial charge in [-0.1, -0.05) is 46.4 Å². The monoisotopic (exact) mass is 516 g/mol. The highest BCUT2D eigenvalue weighted by atomic mass is 35.5. The summed E-state index contributed by atoms with van der Waals surface area (Å²) in [7, 11) is -3.74. The van der Waals surface area contributed by atoms with Crippen molar-refractivity contribution in [3.8, 4) is 11.3 Å². The maximum atomic E-state index is 13.0. The van der Waals surface area contributed by atoms with E-state index in [4.69, 9.17) is 46.4 Å². The molecule has 3 aromatic rings. The summed E-state index contributed by atoms with van der Waals surface area (Å²) in [5.74, 6) is 0.659. The quantitative estimate of drug-likeness (QED) is 0.471. The highest BCUT2D eigenvalue weighted by Crippen LogP contribution is 2.30. The number of rotatable bonds is 4. The van der Waals surface area contributed by atoms with E-state index in [1.165, 1.54) is 16.4 Å². The molecule has 162 valence electrons. The molecule has 0 atom stereocenters. The van der Waals surface area contributed by atoms with Crippen LogP contribution in [0.15, 0.2) is 53.4 Å². The van der Waals surface area contributed by atoms with Crippen molar-refractivity contribution in [2.45, 2.75) is 4.90 Å². The molecule has 0 N–H and O–H groups in total. The predicted molar refractivity (Wildman–Crippen MR) is 125 cm³/mol. The Bertz CT molecular complexity index is 1210. The molecule has 0 unspecified atom stereocenters. The summed E-state index contributed by atoms with van der Waals surface area (Å²) < 4.78 is 27.3. The van der Waals surface area contributed by atoms with Crippen LogP contribution in [0.1, 0.15) is 0 Å². The van der Waals surface area contributed by atoms with Gasteiger partial charge in [-0.2, -0.15) is 4.31 Å². The van der Waals surface area contributed by atoms with Crippen molar-refractivity contribution < 1.29 is 8.42 Å². The van der Waals surface area contributed by atoms with Crippen LogP contribution in [0.4, 0.5) is 5.82 Å². The zero-order chi connectivity index (χ0) is 22.2. The van der Waals surface area contributed by atoms with Crippen molar-refractivity contribution in [3.05, 3.63) is 68.6 Å². The van der Waals surface area contributed by atoms with Gasteiger partial charge in [0.15, 0.2) is 5.82 Å². The number of hydrogen-bond acceptors (Lipinski definition) is 5. The van der Waals surface area contributed by atoms with E-state index in [9.17, 15) is 8.42 Å². The molecule has 0 spiro atoms. The summed E-state index contributed by atoms with van der Waals surface area (Å²) in [4.78, 5) is 1.99. The highest BCUT2D eigenvalue weighted by molar-refractivity contribution is 7.89. The third-order valence-electron chi connectivity index (χ3n) is 4.93. The summed E-state index contributed by atoms with van der Waals surface area (Å²) in [5.41, 5.74) is 1.36. The molecule has 1 aliphatic heterocycles. The first-order valence-electron chi connectivity index (χ1n) is 9.25. The third kappa shape index (κ3) is 4.77. The van der Waals surface area contributed by atoms with Crippen LogP contribution >= 0.6 is 46.4 Å². The van der Waals surface area contributed by atoms with E-state index in [-0.39, 0.29) is 23.0 Å². The second-order valence-electron chi connectivity index (χ2n) is 6.87. The van der Waals surface area contributed by atoms with Crippen molar-refractivity contribution in [3.63, 3.8) is 0 Å². The molecular formula is C20H16Cl4N4O2S. The first-order chi connectivity index (χ1) is 14.8. The smallest absolute Gasteiger partial charge is 0.244 e. The lowest BCUT2D eigenvalue weighted by atomic mass is 10.1. The van der Waals surface area contributed by atoms with Gasteiger partial charge in [-0.3, -0.25) is 0 Å². The molecule has 2 heterocycles. The van der Waals surface area contributed by atoms with Crippen molar-refractivity contribution >= 4 is 62.2 Å². The number of benzene rings is 2. The van der Waals surface area contributed by atoms with Crippen LogP contribution in [0.3, 0.4) is 0 Å². The van der Waals surface area contributed by atoms with Crippen molar-refractivity contribution in [1.82, 2.24) is 14.5 Å². The van der Waals surface area contributed by atoms with Gasteiger partial charge >= 0.3 is 0 Å². The number of halogens is 4. The van der Waals surface area contributed by atoms with Crippen LogP contribution in [0.5, 0.6) is 0 Å². The minimum Gasteiger partial charge on any atom is -0.352 e. The number of aromatic nitrogens is 2. The third-order valence-corrected chi connectivity index (χ3v) is 8.09. The Kier molecular flexibility index (Phi) is 6.62. The van der Waals surface area contributed by atoms with Gasteiger partial charge in [0.05, 0.1) is 15.7 Å². The minimum absolute atomic E-state index is 0.0131. The Morgan fingerprint density at radius 1 is 0.742 bits per heavy atom. The minimum atomic E-state index is -3.74. The fourth-order valence-corrected chi connectivity index (χ4v) is 5.97. The van der Waals surface area contributed by atoms with Gasteiger partial charge in [0.2, 0.25) is 10.0 Å². The van der Waals surface area contributed by atoms with E-state index in [0.717, 1.165) is 5.56 Å². The lowest BCUT2D eigenvalue weighted by molar-refractivity contribution is 0.383. The van der Waals surface area contributed by atoms with Gasteiger partial charge in [-0.15, -0.1) is 10.2 Å². The van der Waals surface area contributed by atoms with Crippen molar-refractivity contribution in [1.29, 1.82) is 0 Å². The fraction of sp³-hybridized carbons (Fsp3) is 0.200. The van der Waals surface area contributed by atoms with Crippen LogP contribution in [0.25, 0.3) is 11.3 Å². The van der Waals surface area contributed by atoms with Gasteiger partial charge in [0, 0.05) is 41.8 Å². The molecule has 0 radical (unpaired) electrons. The van der Waals surface area contributed by atoms with E-state index in [1.54, 1.807) is 24.3 Å². The SMILES string of the molecule is O=S(=O)(c1cc(Cl)ccc1Cl)N1CCN(c2ccc(-c3ccc(Cl)cc3Cl)nn2)CC1. The molecule has 11 heteroatoms. The molecule has 2 aromatic carbocycles. The van der Waals surface area contributed by atoms with Gasteiger partial charge in [0.1, 0.15) is 4.90 Å². The predicted octanol–water partition coefficient (Wildman–Crippen LogP) is 5.27. The van der Waals surface area contributed by atoms with E-state index >= 15 is 0 Å². The number of anilines is 1. The topological polar surface area (TPSA) is 66.4 Å². The molecular weight excluding hydrogens is 502 g/mol. The largest absolute Gasteiger partial charge is 0.352 e. The molecule has 31 heavy (non-hydrogen) atoms. The summed E-state index contributed by atoms with van der Waals surface area (Å²) in [6.07, 6.45) is 0. The number of nitrogens with zero attached hydrogens (tertiary/aromatic N) is 4. The Hall–Kier alpha value is -1.61. The number of sulfonamides is 1. The first kappa shape index (κ1) is 22.6. The summed E-state index contributed by atoms with van der Waals surface area (Å²) >= 11 is 24.2. The van der Waals surface area contributed by atoms with E-state index in [2.05, 4.69) is 10.2 Å². The Morgan fingerprint density at radius 3 is 2.06 bits per heavy atom. The van der Waals surface area contributed by atoms with E-state index in [1.807, 2.05) is 17.0 Å². The summed E-state index contributed by atoms with van der Waals surface area (Å²) in [6.45, 7) is 1.51. The van der Waals surface area contributed by atoms with Gasteiger partial charge in [-0.25, -0.2) is 8.42 Å². The van der Waals surface area contributed by atoms with Crippen LogP contribution in [-0.4, -0.2) is 49.1 Å². The molecule has 0 amide bonds. The molecule has 0 saturated carbocycles. The second kappa shape index (κ2) is 9.10. The maximum Gasteiger partial charge on any atom is 0.244 e. The standard InChI is InChI=1S/C20H16Cl4N4O2S/c21-13-1-3-15(17(24)11-13)18-5-6-20(26-25-18)27-7-9-28(10-8-27)31(29,30)19-12-14(22)2-4-16(19)23/h1-6,11-12H,7-10H2. The molecule has 1 aromatic heterocycles. The molecule has 1 aliphatic rings. The van der Waals surface area contributed by atoms with E-state index < -0.39 is 10.0 Å². The Balaban J connectivity index is 1.47. The highest BCUT2D eigenvalue weighted by Gasteiger charge is 2.30. The zero-order valence-electron chi connectivity index (χ0n) is 16.0. The molecule has 0 bridgehead atoms. The number of hydrogen-bond donors (Lipinski definition) is 0. The molecule has 0 aliphatic carbocycles. The van der Waals surface area contributed by atoms with Crippen LogP contribution in [0, 0.1) is 0 Å². The fourth-order valence-electron chi connectivity index (χ4n) is 3.31. The van der Waals surface area contributed by atoms with Crippen LogP contribution < -0.4 is 4.90 Å². The Labute approximate surface area is 200 Å². The molecule has 1 saturated heterocycles. The average Bonchev–Trinajstić information content (AvgIpc) is 2.76. The normalized spacial score (nSPS) is 15.3. The first-order valence-corrected chi connectivity index (χ1v) is 12.2. The number of piperazine rings is 1. The van der Waals surface area contributed by atoms with Gasteiger partial charge < -0.3 is 4.90 Å². The zero-order valence-corrected chi connectivity index (χ0v) is 19.8. The summed E-state index contributed by atoms with van der Waals surface area (Å²) in [5, 5.41) is 10.1. The van der Waals surface area contributed by atoms with Crippen LogP contribution in [-0.2, 0) is 10.0 Å².